The number of hydrogen-bond acceptors (Lipinski definition) is 7. The fourth-order valence-electron chi connectivity index (χ4n) is 4.26. The lowest BCUT2D eigenvalue weighted by Crippen LogP contribution is -2.32. The van der Waals surface area contributed by atoms with Gasteiger partial charge < -0.3 is 14.3 Å². The second-order valence-electron chi connectivity index (χ2n) is 8.61. The number of nitrogens with one attached hydrogen (secondary N) is 1. The zero-order valence-electron chi connectivity index (χ0n) is 19.1. The van der Waals surface area contributed by atoms with Gasteiger partial charge in [0, 0.05) is 12.5 Å². The third-order valence-corrected chi connectivity index (χ3v) is 6.13. The maximum Gasteiger partial charge on any atom is 0.303 e. The van der Waals surface area contributed by atoms with Gasteiger partial charge in [-0.3, -0.25) is 14.9 Å². The average Bonchev–Trinajstić information content (AvgIpc) is 3.72. The molecule has 0 heterocycles. The summed E-state index contributed by atoms with van der Waals surface area (Å²) >= 11 is 0. The lowest BCUT2D eigenvalue weighted by atomic mass is 10.0. The first kappa shape index (κ1) is 23.0. The van der Waals surface area contributed by atoms with E-state index in [1.807, 2.05) is 30.3 Å². The van der Waals surface area contributed by atoms with Gasteiger partial charge in [0.15, 0.2) is 11.5 Å². The van der Waals surface area contributed by atoms with E-state index in [1.165, 1.54) is 38.9 Å². The van der Waals surface area contributed by atoms with Gasteiger partial charge >= 0.3 is 5.97 Å². The number of ether oxygens (including phenoxy) is 2. The maximum absolute atomic E-state index is 12.8. The molecule has 174 valence electrons. The van der Waals surface area contributed by atoms with Gasteiger partial charge in [0.1, 0.15) is 26.2 Å². The number of nitrogens with zero attached hydrogens (tertiary/aromatic N) is 1. The zero-order chi connectivity index (χ0) is 23.2. The molecule has 2 aromatic rings. The van der Waals surface area contributed by atoms with Crippen LogP contribution in [0.5, 0.6) is 5.75 Å². The molecule has 2 unspecified atom stereocenters. The van der Waals surface area contributed by atoms with E-state index >= 15 is 0 Å². The number of hydrogen-bond donors (Lipinski definition) is 1. The number of benzene rings is 2. The minimum Gasteiger partial charge on any atom is -0.489 e. The molecule has 0 spiro atoms. The van der Waals surface area contributed by atoms with Crippen molar-refractivity contribution in [3.63, 3.8) is 0 Å². The van der Waals surface area contributed by atoms with Gasteiger partial charge in [0.2, 0.25) is 0 Å². The van der Waals surface area contributed by atoms with Crippen LogP contribution in [-0.4, -0.2) is 37.8 Å². The molecule has 0 aromatic heterocycles. The highest BCUT2D eigenvalue weighted by Gasteiger charge is 2.47. The summed E-state index contributed by atoms with van der Waals surface area (Å²) in [6, 6.07) is 15.8. The van der Waals surface area contributed by atoms with Crippen LogP contribution in [0.2, 0.25) is 0 Å². The minimum atomic E-state index is -0.419. The molecule has 0 radical (unpaired) electrons. The lowest BCUT2D eigenvalue weighted by Gasteiger charge is -2.13. The molecule has 1 N–H and O–H groups in total. The smallest absolute Gasteiger partial charge is 0.303 e. The lowest BCUT2D eigenvalue weighted by molar-refractivity contribution is -0.142. The molecule has 0 aliphatic heterocycles. The van der Waals surface area contributed by atoms with Crippen molar-refractivity contribution in [2.75, 3.05) is 20.4 Å². The first-order chi connectivity index (χ1) is 16.1. The first-order valence-electron chi connectivity index (χ1n) is 11.4. The molecule has 0 amide bonds. The largest absolute Gasteiger partial charge is 0.489 e. The molecule has 2 saturated carbocycles. The van der Waals surface area contributed by atoms with E-state index in [4.69, 9.17) is 14.3 Å². The Balaban J connectivity index is 1.41. The number of carbonyl (C=O) groups is 2. The van der Waals surface area contributed by atoms with Gasteiger partial charge in [0.25, 0.3) is 0 Å². The van der Waals surface area contributed by atoms with E-state index in [9.17, 15) is 9.59 Å². The van der Waals surface area contributed by atoms with E-state index in [0.29, 0.717) is 18.1 Å². The van der Waals surface area contributed by atoms with Crippen molar-refractivity contribution in [2.24, 2.45) is 17.0 Å². The molecule has 2 aliphatic carbocycles. The second-order valence-corrected chi connectivity index (χ2v) is 8.61. The molecular weight excluding hydrogens is 420 g/mol. The molecule has 2 atom stereocenters. The Hall–Kier alpha value is -3.19. The SMILES string of the molecule is CON=C(C(=O)CNCOC(C)=O)c1ccccc1COc1cccc(C2CC2C2CC2)c1. The molecular formula is C26H30N2O5. The summed E-state index contributed by atoms with van der Waals surface area (Å²) in [5.74, 6) is 2.59. The van der Waals surface area contributed by atoms with Crippen LogP contribution in [0.4, 0.5) is 0 Å². The molecule has 2 aromatic carbocycles. The first-order valence-corrected chi connectivity index (χ1v) is 11.4. The van der Waals surface area contributed by atoms with Gasteiger partial charge in [-0.25, -0.2) is 0 Å². The standard InChI is InChI=1S/C26H30N2O5/c1-17(29)33-16-27-14-25(30)26(28-31-2)22-9-4-3-6-20(22)15-32-21-8-5-7-19(12-21)24-13-23(24)18-10-11-18/h3-9,12,18,23-24,27H,10-11,13-16H2,1-2H3. The topological polar surface area (TPSA) is 86.2 Å². The second kappa shape index (κ2) is 10.6. The zero-order valence-corrected chi connectivity index (χ0v) is 19.1. The summed E-state index contributed by atoms with van der Waals surface area (Å²) in [6.45, 7) is 1.51. The Morgan fingerprint density at radius 3 is 2.70 bits per heavy atom. The highest BCUT2D eigenvalue weighted by molar-refractivity contribution is 6.47. The molecule has 0 saturated heterocycles. The van der Waals surface area contributed by atoms with Crippen LogP contribution >= 0.6 is 0 Å². The summed E-state index contributed by atoms with van der Waals surface area (Å²) in [7, 11) is 1.40. The number of rotatable bonds is 12. The molecule has 7 nitrogen and oxygen atoms in total. The van der Waals surface area contributed by atoms with Crippen LogP contribution in [-0.2, 0) is 25.8 Å². The van der Waals surface area contributed by atoms with Gasteiger partial charge in [0.05, 0.1) is 6.54 Å². The third kappa shape index (κ3) is 6.20. The van der Waals surface area contributed by atoms with Gasteiger partial charge in [-0.15, -0.1) is 0 Å². The van der Waals surface area contributed by atoms with Crippen molar-refractivity contribution < 1.29 is 23.9 Å². The van der Waals surface area contributed by atoms with E-state index in [2.05, 4.69) is 28.7 Å². The van der Waals surface area contributed by atoms with Crippen molar-refractivity contribution in [2.45, 2.75) is 38.7 Å². The van der Waals surface area contributed by atoms with Crippen LogP contribution < -0.4 is 10.1 Å². The number of ketones is 1. The number of oxime groups is 1. The van der Waals surface area contributed by atoms with Crippen LogP contribution in [0.1, 0.15) is 48.8 Å². The summed E-state index contributed by atoms with van der Waals surface area (Å²) < 4.78 is 10.9. The Morgan fingerprint density at radius 2 is 1.94 bits per heavy atom. The predicted molar refractivity (Wildman–Crippen MR) is 124 cm³/mol. The fraction of sp³-hybridized carbons (Fsp3) is 0.423. The molecule has 33 heavy (non-hydrogen) atoms. The quantitative estimate of drug-likeness (QED) is 0.174. The predicted octanol–water partition coefficient (Wildman–Crippen LogP) is 3.81. The molecule has 2 aliphatic rings. The highest BCUT2D eigenvalue weighted by atomic mass is 16.6. The number of esters is 1. The molecule has 7 heteroatoms. The molecule has 0 bridgehead atoms. The van der Waals surface area contributed by atoms with E-state index < -0.39 is 5.97 Å². The van der Waals surface area contributed by atoms with E-state index in [0.717, 1.165) is 23.1 Å². The minimum absolute atomic E-state index is 0.0454. The number of carbonyl (C=O) groups excluding carboxylic acids is 2. The Kier molecular flexibility index (Phi) is 7.40. The van der Waals surface area contributed by atoms with Crippen molar-refractivity contribution in [3.05, 3.63) is 65.2 Å². The van der Waals surface area contributed by atoms with Crippen LogP contribution in [0, 0.1) is 11.8 Å². The summed E-state index contributed by atoms with van der Waals surface area (Å²) in [6.07, 6.45) is 4.07. The van der Waals surface area contributed by atoms with Crippen LogP contribution in [0.15, 0.2) is 53.7 Å². The monoisotopic (exact) mass is 450 g/mol. The van der Waals surface area contributed by atoms with Gasteiger partial charge in [-0.2, -0.15) is 0 Å². The maximum atomic E-state index is 12.8. The Bertz CT molecular complexity index is 1030. The average molecular weight is 451 g/mol. The normalized spacial score (nSPS) is 19.6. The Labute approximate surface area is 194 Å². The summed E-state index contributed by atoms with van der Waals surface area (Å²) in [4.78, 5) is 28.6. The fourth-order valence-corrected chi connectivity index (χ4v) is 4.26. The van der Waals surface area contributed by atoms with Crippen molar-refractivity contribution in [1.82, 2.24) is 5.32 Å². The van der Waals surface area contributed by atoms with E-state index in [-0.39, 0.29) is 24.8 Å². The van der Waals surface area contributed by atoms with Crippen LogP contribution in [0.3, 0.4) is 0 Å². The summed E-state index contributed by atoms with van der Waals surface area (Å²) in [5.41, 5.74) is 3.01. The van der Waals surface area contributed by atoms with Crippen molar-refractivity contribution in [1.29, 1.82) is 0 Å². The third-order valence-electron chi connectivity index (χ3n) is 6.13. The Morgan fingerprint density at radius 1 is 1.12 bits per heavy atom. The summed E-state index contributed by atoms with van der Waals surface area (Å²) in [5, 5.41) is 6.74. The van der Waals surface area contributed by atoms with Gasteiger partial charge in [-0.05, 0) is 60.3 Å². The van der Waals surface area contributed by atoms with Crippen molar-refractivity contribution >= 4 is 17.5 Å². The number of Topliss-reactive ketones (excluding diaryl/α,β-unsaturated/α-hetero) is 1. The van der Waals surface area contributed by atoms with E-state index in [1.54, 1.807) is 0 Å². The highest BCUT2D eigenvalue weighted by Crippen LogP contribution is 2.59. The van der Waals surface area contributed by atoms with Crippen molar-refractivity contribution in [3.8, 4) is 5.75 Å². The molecule has 4 rings (SSSR count). The van der Waals surface area contributed by atoms with Gasteiger partial charge in [-0.1, -0.05) is 41.6 Å². The van der Waals surface area contributed by atoms with Crippen LogP contribution in [0.25, 0.3) is 0 Å². The molecule has 2 fully saturated rings.